The summed E-state index contributed by atoms with van der Waals surface area (Å²) in [7, 11) is 0. The van der Waals surface area contributed by atoms with E-state index in [4.69, 9.17) is 9.47 Å². The first-order chi connectivity index (χ1) is 11.3. The van der Waals surface area contributed by atoms with Gasteiger partial charge in [-0.2, -0.15) is 0 Å². The van der Waals surface area contributed by atoms with Crippen molar-refractivity contribution in [2.75, 3.05) is 0 Å². The minimum atomic E-state index is 0.450. The first-order valence-electron chi connectivity index (χ1n) is 7.39. The standard InChI is InChI=1S/C21H20O2/c1-3-5-16-21(23-19-14-10-7-11-15-19)20(4-2)22-17-18-12-8-6-9-13-18/h3-16H,1-2,17H2/b16-5-,21-20-. The van der Waals surface area contributed by atoms with Crippen molar-refractivity contribution >= 4 is 0 Å². The van der Waals surface area contributed by atoms with Gasteiger partial charge in [-0.3, -0.25) is 0 Å². The normalized spacial score (nSPS) is 11.7. The molecule has 0 saturated carbocycles. The smallest absolute Gasteiger partial charge is 0.169 e. The Balaban J connectivity index is 2.20. The second kappa shape index (κ2) is 9.11. The fraction of sp³-hybridized carbons (Fsp3) is 0.0476. The highest BCUT2D eigenvalue weighted by molar-refractivity contribution is 5.31. The number of hydrogen-bond donors (Lipinski definition) is 0. The highest BCUT2D eigenvalue weighted by Gasteiger charge is 2.06. The van der Waals surface area contributed by atoms with Crippen LogP contribution in [0.5, 0.6) is 5.75 Å². The number of hydrogen-bond acceptors (Lipinski definition) is 2. The van der Waals surface area contributed by atoms with E-state index in [0.29, 0.717) is 18.1 Å². The summed E-state index contributed by atoms with van der Waals surface area (Å²) in [6.07, 6.45) is 6.94. The molecule has 0 aliphatic rings. The van der Waals surface area contributed by atoms with Crippen LogP contribution in [0.15, 0.2) is 110 Å². The Hall–Kier alpha value is -3.00. The zero-order valence-electron chi connectivity index (χ0n) is 13.0. The van der Waals surface area contributed by atoms with Gasteiger partial charge in [0.05, 0.1) is 0 Å². The lowest BCUT2D eigenvalue weighted by Gasteiger charge is -2.13. The van der Waals surface area contributed by atoms with E-state index in [0.717, 1.165) is 11.3 Å². The maximum atomic E-state index is 5.91. The molecule has 0 amide bonds. The molecule has 0 aliphatic carbocycles. The molecule has 0 unspecified atom stereocenters. The topological polar surface area (TPSA) is 18.5 Å². The van der Waals surface area contributed by atoms with E-state index in [-0.39, 0.29) is 0 Å². The molecule has 2 aromatic carbocycles. The lowest BCUT2D eigenvalue weighted by atomic mass is 10.2. The second-order valence-electron chi connectivity index (χ2n) is 4.72. The Morgan fingerprint density at radius 3 is 2.13 bits per heavy atom. The van der Waals surface area contributed by atoms with E-state index in [1.807, 2.05) is 66.7 Å². The molecular formula is C21H20O2. The molecule has 0 spiro atoms. The molecule has 0 aromatic heterocycles. The summed E-state index contributed by atoms with van der Waals surface area (Å²) in [4.78, 5) is 0. The van der Waals surface area contributed by atoms with Crippen LogP contribution in [0.3, 0.4) is 0 Å². The third-order valence-electron chi connectivity index (χ3n) is 3.02. The molecule has 0 saturated heterocycles. The molecule has 116 valence electrons. The van der Waals surface area contributed by atoms with Crippen molar-refractivity contribution < 1.29 is 9.47 Å². The Morgan fingerprint density at radius 2 is 1.52 bits per heavy atom. The van der Waals surface area contributed by atoms with Crippen LogP contribution in [0.4, 0.5) is 0 Å². The molecule has 0 N–H and O–H groups in total. The summed E-state index contributed by atoms with van der Waals surface area (Å²) in [6, 6.07) is 19.5. The van der Waals surface area contributed by atoms with E-state index in [2.05, 4.69) is 13.2 Å². The molecule has 2 aromatic rings. The summed E-state index contributed by atoms with van der Waals surface area (Å²) in [6.45, 7) is 7.96. The van der Waals surface area contributed by atoms with Crippen LogP contribution in [-0.2, 0) is 11.3 Å². The molecule has 0 radical (unpaired) electrons. The zero-order valence-corrected chi connectivity index (χ0v) is 13.0. The van der Waals surface area contributed by atoms with Gasteiger partial charge in [-0.25, -0.2) is 0 Å². The van der Waals surface area contributed by atoms with Gasteiger partial charge in [0.2, 0.25) is 0 Å². The van der Waals surface area contributed by atoms with Gasteiger partial charge in [-0.15, -0.1) is 0 Å². The molecule has 2 rings (SSSR count). The monoisotopic (exact) mass is 304 g/mol. The van der Waals surface area contributed by atoms with Gasteiger partial charge in [0.15, 0.2) is 11.5 Å². The van der Waals surface area contributed by atoms with Gasteiger partial charge in [0.1, 0.15) is 12.4 Å². The van der Waals surface area contributed by atoms with E-state index in [1.54, 1.807) is 18.2 Å². The third-order valence-corrected chi connectivity index (χ3v) is 3.02. The lowest BCUT2D eigenvalue weighted by molar-refractivity contribution is 0.196. The molecule has 0 bridgehead atoms. The summed E-state index contributed by atoms with van der Waals surface area (Å²) in [5.74, 6) is 1.90. The van der Waals surface area contributed by atoms with Crippen LogP contribution in [0.2, 0.25) is 0 Å². The first-order valence-corrected chi connectivity index (χ1v) is 7.39. The maximum absolute atomic E-state index is 5.91. The Labute approximate surface area is 137 Å². The van der Waals surface area contributed by atoms with Crippen molar-refractivity contribution in [3.8, 4) is 5.75 Å². The van der Waals surface area contributed by atoms with Crippen LogP contribution in [0.1, 0.15) is 5.56 Å². The van der Waals surface area contributed by atoms with Gasteiger partial charge in [0, 0.05) is 0 Å². The van der Waals surface area contributed by atoms with Crippen LogP contribution < -0.4 is 4.74 Å². The quantitative estimate of drug-likeness (QED) is 0.479. The van der Waals surface area contributed by atoms with Crippen molar-refractivity contribution in [3.05, 3.63) is 115 Å². The fourth-order valence-electron chi connectivity index (χ4n) is 1.90. The van der Waals surface area contributed by atoms with Crippen molar-refractivity contribution in [2.24, 2.45) is 0 Å². The van der Waals surface area contributed by atoms with E-state index in [1.165, 1.54) is 0 Å². The molecule has 0 aliphatic heterocycles. The van der Waals surface area contributed by atoms with Crippen LogP contribution in [0, 0.1) is 0 Å². The van der Waals surface area contributed by atoms with Crippen molar-refractivity contribution in [2.45, 2.75) is 6.61 Å². The Morgan fingerprint density at radius 1 is 0.870 bits per heavy atom. The van der Waals surface area contributed by atoms with Crippen LogP contribution >= 0.6 is 0 Å². The van der Waals surface area contributed by atoms with Gasteiger partial charge >= 0.3 is 0 Å². The summed E-state index contributed by atoms with van der Waals surface area (Å²) >= 11 is 0. The number of benzene rings is 2. The predicted octanol–water partition coefficient (Wildman–Crippen LogP) is 5.42. The van der Waals surface area contributed by atoms with Gasteiger partial charge in [-0.05, 0) is 29.8 Å². The molecule has 0 atom stereocenters. The second-order valence-corrected chi connectivity index (χ2v) is 4.72. The lowest BCUT2D eigenvalue weighted by Crippen LogP contribution is -2.01. The highest BCUT2D eigenvalue weighted by Crippen LogP contribution is 2.19. The third kappa shape index (κ3) is 5.36. The van der Waals surface area contributed by atoms with Gasteiger partial charge in [-0.1, -0.05) is 73.8 Å². The number of rotatable bonds is 8. The summed E-state index contributed by atoms with van der Waals surface area (Å²) in [5, 5.41) is 0. The minimum absolute atomic E-state index is 0.450. The molecular weight excluding hydrogens is 284 g/mol. The highest BCUT2D eigenvalue weighted by atomic mass is 16.5. The Bertz CT molecular complexity index is 682. The maximum Gasteiger partial charge on any atom is 0.169 e. The molecule has 0 heterocycles. The molecule has 23 heavy (non-hydrogen) atoms. The molecule has 2 heteroatoms. The minimum Gasteiger partial charge on any atom is -0.485 e. The number of ether oxygens (including phenoxy) is 2. The molecule has 0 fully saturated rings. The average Bonchev–Trinajstić information content (AvgIpc) is 2.61. The summed E-state index contributed by atoms with van der Waals surface area (Å²) in [5.41, 5.74) is 1.08. The molecule has 2 nitrogen and oxygen atoms in total. The Kier molecular flexibility index (Phi) is 6.48. The fourth-order valence-corrected chi connectivity index (χ4v) is 1.90. The van der Waals surface area contributed by atoms with E-state index in [9.17, 15) is 0 Å². The van der Waals surface area contributed by atoms with Gasteiger partial charge in [0.25, 0.3) is 0 Å². The predicted molar refractivity (Wildman–Crippen MR) is 94.9 cm³/mol. The largest absolute Gasteiger partial charge is 0.485 e. The number of para-hydroxylation sites is 1. The van der Waals surface area contributed by atoms with Crippen molar-refractivity contribution in [3.63, 3.8) is 0 Å². The SMILES string of the molecule is C=C/C=C\C(Oc1ccccc1)=C(/C=C)OCc1ccccc1. The van der Waals surface area contributed by atoms with E-state index >= 15 is 0 Å². The van der Waals surface area contributed by atoms with Crippen LogP contribution in [0.25, 0.3) is 0 Å². The van der Waals surface area contributed by atoms with E-state index < -0.39 is 0 Å². The number of allylic oxidation sites excluding steroid dienone is 4. The average molecular weight is 304 g/mol. The zero-order chi connectivity index (χ0) is 16.3. The first kappa shape index (κ1) is 16.4. The van der Waals surface area contributed by atoms with Crippen LogP contribution in [-0.4, -0.2) is 0 Å². The van der Waals surface area contributed by atoms with Gasteiger partial charge < -0.3 is 9.47 Å². The summed E-state index contributed by atoms with van der Waals surface area (Å²) < 4.78 is 11.8. The van der Waals surface area contributed by atoms with Crippen molar-refractivity contribution in [1.82, 2.24) is 0 Å². The van der Waals surface area contributed by atoms with Crippen molar-refractivity contribution in [1.29, 1.82) is 0 Å².